The molecule has 0 spiro atoms. The zero-order chi connectivity index (χ0) is 85.8. The summed E-state index contributed by atoms with van der Waals surface area (Å²) in [5.41, 5.74) is -0.533. The number of methoxy groups -OCH3 is 4. The Hall–Kier alpha value is 2.02. The van der Waals surface area contributed by atoms with Crippen LogP contribution in [0.4, 0.5) is 0 Å². The number of ether oxygens (including phenoxy) is 11. The van der Waals surface area contributed by atoms with E-state index in [4.69, 9.17) is 33.2 Å². The van der Waals surface area contributed by atoms with Gasteiger partial charge in [-0.2, -0.15) is 25.3 Å². The number of rotatable bonds is 41. The van der Waals surface area contributed by atoms with Crippen LogP contribution < -0.4 is 292 Å². The van der Waals surface area contributed by atoms with Crippen LogP contribution in [0.3, 0.4) is 0 Å². The van der Waals surface area contributed by atoms with Gasteiger partial charge in [0, 0.05) is 6.54 Å². The van der Waals surface area contributed by atoms with Crippen molar-refractivity contribution in [2.24, 2.45) is 15.0 Å². The number of hydrogen-bond acceptors (Lipinski definition) is 56. The Kier molecular flexibility index (Phi) is 62.8. The maximum Gasteiger partial charge on any atom is 1.00 e. The SMILES string of the molecule is COC(=O)CN(CC(=O)OC)C[C@H](C([O-])=NCc1cn([C@@H]2O[C@H](COS(=O)(=O)[O-])[C@@H](OS(=O)(=O)[O-])[C@H](O[C@@H]3O[C@H](C(=O)[O-])[C@@H](O[C@@H]4O[C@H](COS(=O)(=O)[O-])[C@@H](OS(=O)(=O)[O-])[C@H](O[C@@H]5O[C@H](C(=O)[O-])[C@@H](OS(=O)(=O)O)[C@H](OS(=O)(=O)O)[C@H]5OS(=O)(=O)O)[C@H]4N=C(C)[O-])[C@H](O)[C@H]3O)[C@H]2N=C(C)[O-])nn1)N(CC(=O)OC)CC(=O)OC.[Na+].[Na+].[Na+].[Na+].[Na+].[Na+].[Na+].[Na+].[Na+]. The molecule has 1 aromatic rings. The molecule has 0 aliphatic carbocycles. The summed E-state index contributed by atoms with van der Waals surface area (Å²) in [6.07, 6.45) is -57.1. The van der Waals surface area contributed by atoms with Gasteiger partial charge >= 0.3 is 321 Å². The van der Waals surface area contributed by atoms with Crippen LogP contribution in [0.1, 0.15) is 25.8 Å². The van der Waals surface area contributed by atoms with Crippen molar-refractivity contribution in [3.63, 3.8) is 0 Å². The molecule has 76 heteroatoms. The zero-order valence-electron chi connectivity index (χ0n) is 66.2. The second kappa shape index (κ2) is 57.8. The maximum atomic E-state index is 14.3. The van der Waals surface area contributed by atoms with Gasteiger partial charge in [-0.25, -0.2) is 50.9 Å². The van der Waals surface area contributed by atoms with Gasteiger partial charge in [-0.05, 0) is 31.5 Å². The van der Waals surface area contributed by atoms with Crippen molar-refractivity contribution in [1.29, 1.82) is 0 Å². The van der Waals surface area contributed by atoms with E-state index in [9.17, 15) is 155 Å². The van der Waals surface area contributed by atoms with E-state index in [1.165, 1.54) is 0 Å². The molecule has 0 radical (unpaired) electrons. The Balaban J connectivity index is -0.00000507. The van der Waals surface area contributed by atoms with E-state index in [0.717, 1.165) is 38.2 Å². The van der Waals surface area contributed by atoms with Crippen molar-refractivity contribution in [1.82, 2.24) is 24.8 Å². The number of carboxylic acids is 2. The third kappa shape index (κ3) is 44.2. The number of carbonyl (C=O) groups is 6. The summed E-state index contributed by atoms with van der Waals surface area (Å²) in [6.45, 7) is -8.10. The number of aliphatic hydroxyl groups excluding tert-OH is 2. The van der Waals surface area contributed by atoms with Crippen LogP contribution in [-0.2, 0) is 189 Å². The van der Waals surface area contributed by atoms with Crippen molar-refractivity contribution < 1.29 is 503 Å². The predicted molar refractivity (Wildman–Crippen MR) is 321 cm³/mol. The van der Waals surface area contributed by atoms with E-state index in [-0.39, 0.29) is 266 Å². The van der Waals surface area contributed by atoms with Crippen LogP contribution in [0.25, 0.3) is 0 Å². The quantitative estimate of drug-likeness (QED) is 0.00773. The number of nitrogens with zero attached hydrogens (tertiary/aromatic N) is 8. The average Bonchev–Trinajstić information content (AvgIpc) is 0.805. The number of aliphatic imine (C=N–C) groups is 3. The summed E-state index contributed by atoms with van der Waals surface area (Å²) < 4.78 is 336. The van der Waals surface area contributed by atoms with Gasteiger partial charge < -0.3 is 116 Å². The molecular formula is C46H61N8Na9O52S7. The van der Waals surface area contributed by atoms with Crippen molar-refractivity contribution in [2.75, 3.05) is 74.4 Å². The molecule has 0 saturated carbocycles. The Morgan fingerprint density at radius 3 is 1.26 bits per heavy atom. The number of carboxylic acid groups (broad SMARTS) is 2. The summed E-state index contributed by atoms with van der Waals surface area (Å²) in [5.74, 6) is -14.4. The molecule has 122 heavy (non-hydrogen) atoms. The molecule has 21 atom stereocenters. The van der Waals surface area contributed by atoms with Crippen molar-refractivity contribution in [3.8, 4) is 0 Å². The normalized spacial score (nSPS) is 27.6. The Bertz CT molecular complexity index is 4480. The summed E-state index contributed by atoms with van der Waals surface area (Å²) >= 11 is 0. The topological polar surface area (TPSA) is 891 Å². The van der Waals surface area contributed by atoms with E-state index in [0.29, 0.717) is 24.7 Å². The minimum absolute atomic E-state index is 0. The number of hydrogen-bond donors (Lipinski definition) is 5. The fraction of sp³-hybridized carbons (Fsp3) is 0.761. The van der Waals surface area contributed by atoms with Crippen molar-refractivity contribution >= 4 is 126 Å². The molecule has 60 nitrogen and oxygen atoms in total. The van der Waals surface area contributed by atoms with Crippen LogP contribution in [0, 0.1) is 0 Å². The van der Waals surface area contributed by atoms with E-state index in [2.05, 4.69) is 73.5 Å². The molecule has 5 rings (SSSR count). The fourth-order valence-corrected chi connectivity index (χ4v) is 13.7. The van der Waals surface area contributed by atoms with Gasteiger partial charge in [0.1, 0.15) is 97.1 Å². The summed E-state index contributed by atoms with van der Waals surface area (Å²) in [6, 6.07) is -7.53. The molecule has 4 fully saturated rings. The Labute approximate surface area is 891 Å². The third-order valence-corrected chi connectivity index (χ3v) is 18.0. The predicted octanol–water partition coefficient (Wildman–Crippen LogP) is -44.8. The van der Waals surface area contributed by atoms with E-state index < -0.39 is 313 Å². The van der Waals surface area contributed by atoms with Crippen molar-refractivity contribution in [2.45, 2.75) is 149 Å². The average molecular weight is 1990 g/mol. The molecule has 4 aliphatic rings. The number of aliphatic hydroxyl groups is 2. The standard InChI is InChI=1S/C46H70N8O52S7.9Na/c1-16(55)48-26-32(30(102-109(74,75)76)20(14-93-107(68,69)70)95-41(26)54-8-18(50-51-54)7-47-40(63)19(53(12-24(59)91-5)13-25(60)92-6)9-52(10-22(57)89-3)11-23(58)90-4)97-45-29(62)28(61)34(37(100-45)42(64)65)99-44-27(49-17(2)56)33(31(103-110(77,78)79)21(96-44)15-94-108(71,72)73)98-46-39(106-113(86,87)88)36(105-112(83,84)85)35(104-111(80,81)82)38(101-46)43(66)67;;;;;;;;;/h8,19-21,26-39,41,44-46,61-62H,7,9-15H2,1-6H3,(H,47,63)(H,48,55)(H,49,56)(H,64,65)(H,66,67)(H,68,69,70)(H,71,72,73)(H,74,75,76)(H,77,78,79)(H,80,81,82)(H,83,84,85)(H,86,87,88);;;;;;;;;/q;9*+1/p-9/t19-,20-,21-,26-,27-,28-,29-,30-,31-,32-,33-,34+,35+,36+,37+,38+,39-,41-,44+,45-,46-;;;;;;;;;/m1........./s1. The number of aliphatic carboxylic acids is 2. The van der Waals surface area contributed by atoms with Gasteiger partial charge in [0.05, 0.1) is 98.6 Å². The van der Waals surface area contributed by atoms with Crippen LogP contribution in [-0.4, -0.2) is 376 Å². The number of esters is 4. The first-order chi connectivity index (χ1) is 51.8. The molecule has 0 unspecified atom stereocenters. The second-order valence-corrected chi connectivity index (χ2v) is 30.0. The van der Waals surface area contributed by atoms with Crippen LogP contribution in [0.5, 0.6) is 0 Å². The van der Waals surface area contributed by atoms with Gasteiger partial charge in [0.25, 0.3) is 0 Å². The number of aromatic nitrogens is 3. The first-order valence-corrected chi connectivity index (χ1v) is 39.4. The van der Waals surface area contributed by atoms with E-state index in [1.54, 1.807) is 0 Å². The van der Waals surface area contributed by atoms with Crippen LogP contribution >= 0.6 is 0 Å². The Morgan fingerprint density at radius 1 is 0.475 bits per heavy atom. The van der Waals surface area contributed by atoms with Crippen LogP contribution in [0.15, 0.2) is 21.2 Å². The second-order valence-electron chi connectivity index (χ2n) is 22.7. The van der Waals surface area contributed by atoms with E-state index >= 15 is 0 Å². The van der Waals surface area contributed by atoms with Gasteiger partial charge in [0.2, 0.25) is 41.6 Å². The first-order valence-electron chi connectivity index (χ1n) is 29.9. The number of carbonyl (C=O) groups excluding carboxylic acids is 6. The summed E-state index contributed by atoms with van der Waals surface area (Å²) in [4.78, 5) is 88.9. The zero-order valence-corrected chi connectivity index (χ0v) is 89.9. The van der Waals surface area contributed by atoms with Gasteiger partial charge in [0.15, 0.2) is 31.2 Å². The minimum Gasteiger partial charge on any atom is -0.862 e. The van der Waals surface area contributed by atoms with Crippen LogP contribution in [0.2, 0.25) is 0 Å². The largest absolute Gasteiger partial charge is 1.00 e. The fourth-order valence-electron chi connectivity index (χ4n) is 10.6. The molecular weight excluding hydrogens is 1930 g/mol. The maximum absolute atomic E-state index is 14.3. The van der Waals surface area contributed by atoms with Gasteiger partial charge in [-0.1, -0.05) is 5.21 Å². The van der Waals surface area contributed by atoms with Gasteiger partial charge in [-0.3, -0.25) is 74.3 Å². The molecule has 5 heterocycles. The molecule has 0 amide bonds. The van der Waals surface area contributed by atoms with E-state index in [1.807, 2.05) is 0 Å². The molecule has 0 bridgehead atoms. The minimum atomic E-state index is -6.58. The molecule has 0 aromatic carbocycles. The first kappa shape index (κ1) is 132. The summed E-state index contributed by atoms with van der Waals surface area (Å²) in [5, 5.41) is 97.7. The smallest absolute Gasteiger partial charge is 0.862 e. The molecule has 648 valence electrons. The molecule has 4 aliphatic heterocycles. The molecule has 5 N–H and O–H groups in total. The summed E-state index contributed by atoms with van der Waals surface area (Å²) in [7, 11) is -40.5. The third-order valence-electron chi connectivity index (χ3n) is 14.8. The van der Waals surface area contributed by atoms with Crippen molar-refractivity contribution in [3.05, 3.63) is 11.9 Å². The molecule has 1 aromatic heterocycles. The monoisotopic (exact) mass is 1990 g/mol. The van der Waals surface area contributed by atoms with Gasteiger partial charge in [-0.15, -0.1) is 5.10 Å². The Morgan fingerprint density at radius 2 is 0.852 bits per heavy atom. The molecule has 4 saturated heterocycles.